The summed E-state index contributed by atoms with van der Waals surface area (Å²) in [5.41, 5.74) is 0.113. The number of thiol groups is 1. The van der Waals surface area contributed by atoms with Crippen molar-refractivity contribution in [2.45, 2.75) is 58.2 Å². The Balaban J connectivity index is 3.18. The molecule has 1 unspecified atom stereocenters. The summed E-state index contributed by atoms with van der Waals surface area (Å²) in [5.74, 6) is 0. The lowest BCUT2D eigenvalue weighted by molar-refractivity contribution is 0.122. The molecule has 1 atom stereocenters. The van der Waals surface area contributed by atoms with Gasteiger partial charge in [-0.1, -0.05) is 26.2 Å². The molecule has 90 valence electrons. The van der Waals surface area contributed by atoms with Gasteiger partial charge in [0.1, 0.15) is 0 Å². The number of rotatable bonds is 1. The normalized spacial score (nSPS) is 37.6. The van der Waals surface area contributed by atoms with Gasteiger partial charge in [0.25, 0.3) is 0 Å². The average Bonchev–Trinajstić information content (AvgIpc) is 1.98. The molecular weight excluding hydrogens is 252 g/mol. The quantitative estimate of drug-likeness (QED) is 0.571. The SMILES string of the molecule is CC1(C)C[Si](C)(C)[Si](C)(C)[Si](C)(CS)O1. The lowest BCUT2D eigenvalue weighted by Crippen LogP contribution is -2.79. The van der Waals surface area contributed by atoms with E-state index in [0.29, 0.717) is 0 Å². The van der Waals surface area contributed by atoms with Gasteiger partial charge in [0.05, 0.1) is 7.11 Å². The minimum atomic E-state index is -1.54. The molecule has 1 fully saturated rings. The zero-order chi connectivity index (χ0) is 12.1. The van der Waals surface area contributed by atoms with Crippen LogP contribution in [0.2, 0.25) is 38.8 Å². The standard InChI is InChI=1S/C10H26OSSi3/c1-10(2)8-13(3,4)14(5,6)15(7,9-12)11-10/h12H,8-9H2,1-7H3. The highest BCUT2D eigenvalue weighted by Crippen LogP contribution is 2.43. The smallest absolute Gasteiger partial charge is 0.184 e. The molecule has 1 aliphatic heterocycles. The van der Waals surface area contributed by atoms with Crippen molar-refractivity contribution in [3.63, 3.8) is 0 Å². The van der Waals surface area contributed by atoms with Crippen LogP contribution in [-0.2, 0) is 4.43 Å². The van der Waals surface area contributed by atoms with E-state index in [-0.39, 0.29) is 5.60 Å². The Morgan fingerprint density at radius 1 is 1.13 bits per heavy atom. The molecule has 0 N–H and O–H groups in total. The van der Waals surface area contributed by atoms with Crippen LogP contribution in [0.3, 0.4) is 0 Å². The molecule has 1 nitrogen and oxygen atoms in total. The third kappa shape index (κ3) is 2.18. The fourth-order valence-corrected chi connectivity index (χ4v) is 38.9. The Kier molecular flexibility index (Phi) is 3.49. The van der Waals surface area contributed by atoms with Crippen molar-refractivity contribution in [1.29, 1.82) is 0 Å². The summed E-state index contributed by atoms with van der Waals surface area (Å²) in [6.45, 7) is 17.3. The Labute approximate surface area is 103 Å². The fraction of sp³-hybridized carbons (Fsp3) is 1.00. The first-order chi connectivity index (χ1) is 6.47. The molecule has 0 spiro atoms. The summed E-state index contributed by atoms with van der Waals surface area (Å²) < 4.78 is 6.52. The first-order valence-corrected chi connectivity index (χ1v) is 17.2. The zero-order valence-corrected chi connectivity index (χ0v) is 15.2. The van der Waals surface area contributed by atoms with E-state index >= 15 is 0 Å². The van der Waals surface area contributed by atoms with Crippen LogP contribution in [0.5, 0.6) is 0 Å². The molecular formula is C10H26OSSi3. The van der Waals surface area contributed by atoms with Crippen molar-refractivity contribution in [2.75, 3.05) is 5.38 Å². The van der Waals surface area contributed by atoms with Gasteiger partial charge >= 0.3 is 0 Å². The molecule has 1 heterocycles. The van der Waals surface area contributed by atoms with Crippen molar-refractivity contribution in [1.82, 2.24) is 0 Å². The second-order valence-electron chi connectivity index (χ2n) is 6.94. The topological polar surface area (TPSA) is 9.23 Å². The molecule has 1 rings (SSSR count). The van der Waals surface area contributed by atoms with E-state index in [0.717, 1.165) is 5.38 Å². The lowest BCUT2D eigenvalue weighted by atomic mass is 10.2. The van der Waals surface area contributed by atoms with Crippen molar-refractivity contribution in [3.8, 4) is 0 Å². The Morgan fingerprint density at radius 3 is 2.00 bits per heavy atom. The van der Waals surface area contributed by atoms with Crippen molar-refractivity contribution < 1.29 is 4.43 Å². The maximum atomic E-state index is 6.52. The fourth-order valence-electron chi connectivity index (χ4n) is 3.00. The van der Waals surface area contributed by atoms with Gasteiger partial charge in [-0.25, -0.2) is 0 Å². The zero-order valence-electron chi connectivity index (χ0n) is 11.3. The molecule has 0 aromatic heterocycles. The predicted molar refractivity (Wildman–Crippen MR) is 80.4 cm³/mol. The molecule has 5 heteroatoms. The molecule has 0 aromatic rings. The van der Waals surface area contributed by atoms with Crippen molar-refractivity contribution >= 4 is 35.2 Å². The molecule has 0 amide bonds. The van der Waals surface area contributed by atoms with Crippen LogP contribution in [0.4, 0.5) is 0 Å². The predicted octanol–water partition coefficient (Wildman–Crippen LogP) is 3.41. The van der Waals surface area contributed by atoms with E-state index in [1.54, 1.807) is 0 Å². The van der Waals surface area contributed by atoms with Crippen molar-refractivity contribution in [2.24, 2.45) is 0 Å². The van der Waals surface area contributed by atoms with E-state index in [1.807, 2.05) is 0 Å². The molecule has 0 radical (unpaired) electrons. The van der Waals surface area contributed by atoms with Gasteiger partial charge < -0.3 is 4.43 Å². The van der Waals surface area contributed by atoms with Crippen LogP contribution in [0.15, 0.2) is 0 Å². The van der Waals surface area contributed by atoms with Gasteiger partial charge in [-0.15, -0.1) is 0 Å². The van der Waals surface area contributed by atoms with Crippen LogP contribution < -0.4 is 0 Å². The largest absolute Gasteiger partial charge is 0.415 e. The maximum Gasteiger partial charge on any atom is 0.184 e. The summed E-state index contributed by atoms with van der Waals surface area (Å²) in [4.78, 5) is 0. The first-order valence-electron chi connectivity index (χ1n) is 5.79. The van der Waals surface area contributed by atoms with E-state index in [4.69, 9.17) is 4.43 Å². The van der Waals surface area contributed by atoms with Gasteiger partial charge in [-0.2, -0.15) is 12.6 Å². The lowest BCUT2D eigenvalue weighted by Gasteiger charge is -2.58. The van der Waals surface area contributed by atoms with Crippen LogP contribution in [0.25, 0.3) is 0 Å². The minimum Gasteiger partial charge on any atom is -0.415 e. The summed E-state index contributed by atoms with van der Waals surface area (Å²) >= 11 is 4.61. The number of hydrogen-bond acceptors (Lipinski definition) is 2. The average molecular weight is 279 g/mol. The summed E-state index contributed by atoms with van der Waals surface area (Å²) in [6.07, 6.45) is 0. The van der Waals surface area contributed by atoms with Gasteiger partial charge in [0.15, 0.2) is 7.83 Å². The third-order valence-corrected chi connectivity index (χ3v) is 47.1. The molecule has 15 heavy (non-hydrogen) atoms. The first kappa shape index (κ1) is 14.0. The Bertz CT molecular complexity index is 265. The van der Waals surface area contributed by atoms with Crippen LogP contribution in [0.1, 0.15) is 13.8 Å². The second kappa shape index (κ2) is 3.73. The van der Waals surface area contributed by atoms with Gasteiger partial charge in [0, 0.05) is 18.6 Å². The Hall–Kier alpha value is 0.961. The van der Waals surface area contributed by atoms with Crippen molar-refractivity contribution in [3.05, 3.63) is 0 Å². The van der Waals surface area contributed by atoms with Crippen LogP contribution in [-0.4, -0.2) is 33.5 Å². The highest BCUT2D eigenvalue weighted by molar-refractivity contribution is 7.85. The summed E-state index contributed by atoms with van der Waals surface area (Å²) in [5, 5.41) is 1.01. The number of hydrogen-bond donors (Lipinski definition) is 1. The molecule has 0 bridgehead atoms. The minimum absolute atomic E-state index is 0.113. The molecule has 0 saturated carbocycles. The van der Waals surface area contributed by atoms with Gasteiger partial charge in [-0.3, -0.25) is 0 Å². The highest BCUT2D eigenvalue weighted by Gasteiger charge is 2.61. The highest BCUT2D eigenvalue weighted by atomic mass is 32.1. The Morgan fingerprint density at radius 2 is 1.60 bits per heavy atom. The molecule has 1 saturated heterocycles. The molecule has 1 aliphatic rings. The van der Waals surface area contributed by atoms with Gasteiger partial charge in [-0.05, 0) is 26.4 Å². The van der Waals surface area contributed by atoms with E-state index < -0.39 is 22.5 Å². The molecule has 0 aliphatic carbocycles. The maximum absolute atomic E-state index is 6.52. The van der Waals surface area contributed by atoms with E-state index in [9.17, 15) is 0 Å². The van der Waals surface area contributed by atoms with Crippen LogP contribution >= 0.6 is 12.6 Å². The second-order valence-corrected chi connectivity index (χ2v) is 34.5. The monoisotopic (exact) mass is 278 g/mol. The summed E-state index contributed by atoms with van der Waals surface area (Å²) in [7, 11) is -3.81. The summed E-state index contributed by atoms with van der Waals surface area (Å²) in [6, 6.07) is 1.33. The van der Waals surface area contributed by atoms with Gasteiger partial charge in [0.2, 0.25) is 0 Å². The molecule has 0 aromatic carbocycles. The van der Waals surface area contributed by atoms with Crippen LogP contribution in [0, 0.1) is 0 Å². The van der Waals surface area contributed by atoms with E-state index in [1.165, 1.54) is 6.04 Å². The third-order valence-electron chi connectivity index (χ3n) is 4.68. The van der Waals surface area contributed by atoms with E-state index in [2.05, 4.69) is 59.2 Å².